The molecular formula is C38H55N7O6. The Labute approximate surface area is 301 Å². The van der Waals surface area contributed by atoms with Crippen molar-refractivity contribution in [3.05, 3.63) is 24.3 Å². The lowest BCUT2D eigenvalue weighted by Gasteiger charge is -2.37. The maximum Gasteiger partial charge on any atom is 0.289 e. The maximum absolute atomic E-state index is 14.6. The molecule has 1 aromatic heterocycles. The Morgan fingerprint density at radius 1 is 0.980 bits per heavy atom. The van der Waals surface area contributed by atoms with Gasteiger partial charge in [-0.2, -0.15) is 0 Å². The normalized spacial score (nSPS) is 24.7. The van der Waals surface area contributed by atoms with Gasteiger partial charge in [0.25, 0.3) is 11.8 Å². The summed E-state index contributed by atoms with van der Waals surface area (Å²) >= 11 is 0. The Hall–Kier alpha value is -4.03. The zero-order chi connectivity index (χ0) is 36.9. The number of rotatable bonds is 14. The van der Waals surface area contributed by atoms with E-state index >= 15 is 0 Å². The number of aliphatic imine (C=N–C) groups is 1. The summed E-state index contributed by atoms with van der Waals surface area (Å²) < 4.78 is 0. The largest absolute Gasteiger partial charge is 0.347 e. The van der Waals surface area contributed by atoms with Crippen LogP contribution in [0.15, 0.2) is 23.6 Å². The van der Waals surface area contributed by atoms with Gasteiger partial charge in [-0.3, -0.25) is 38.7 Å². The first-order valence-electron chi connectivity index (χ1n) is 18.9. The van der Waals surface area contributed by atoms with Gasteiger partial charge in [-0.05, 0) is 62.7 Å². The van der Waals surface area contributed by atoms with Gasteiger partial charge >= 0.3 is 0 Å². The van der Waals surface area contributed by atoms with Gasteiger partial charge in [-0.1, -0.05) is 66.2 Å². The van der Waals surface area contributed by atoms with Crippen LogP contribution in [-0.2, 0) is 24.0 Å². The lowest BCUT2D eigenvalue weighted by atomic mass is 9.83. The second-order valence-electron chi connectivity index (χ2n) is 16.1. The van der Waals surface area contributed by atoms with Gasteiger partial charge in [0, 0.05) is 36.6 Å². The van der Waals surface area contributed by atoms with Gasteiger partial charge < -0.3 is 20.9 Å². The summed E-state index contributed by atoms with van der Waals surface area (Å²) in [5, 5.41) is 8.64. The fraction of sp³-hybridized carbons (Fsp3) is 0.711. The fourth-order valence-electron chi connectivity index (χ4n) is 8.06. The molecule has 3 saturated carbocycles. The van der Waals surface area contributed by atoms with Crippen LogP contribution in [0.2, 0.25) is 0 Å². The molecule has 13 heteroatoms. The Kier molecular flexibility index (Phi) is 12.4. The molecule has 4 fully saturated rings. The standard InChI is InChI=1S/C38H55N7O6/c1-6-10-27(32(47)36(50)41-25-14-15-25)42-26-16-13-24-21-45(31(22(2)46)30(24)26)37(51)33(38(3,4)5)44-34(48)28(19-23-11-8-7-9-12-23)43-35(49)29-20-39-17-18-40-29/h17-18,20,23-25,27-28,30-31,33H,6-16,19,21H2,1-5H3,(H,41,50)(H,43,49)(H,44,48)/t24-,27-,28-,30+,31+,33+/m0/s1. The molecule has 51 heavy (non-hydrogen) atoms. The first-order chi connectivity index (χ1) is 24.3. The topological polar surface area (TPSA) is 180 Å². The van der Waals surface area contributed by atoms with E-state index in [0.717, 1.165) is 44.9 Å². The van der Waals surface area contributed by atoms with E-state index in [1.54, 1.807) is 4.90 Å². The van der Waals surface area contributed by atoms with Crippen molar-refractivity contribution in [1.82, 2.24) is 30.8 Å². The van der Waals surface area contributed by atoms with Gasteiger partial charge in [-0.15, -0.1) is 0 Å². The number of ketones is 2. The van der Waals surface area contributed by atoms with Gasteiger partial charge in [-0.25, -0.2) is 4.98 Å². The van der Waals surface area contributed by atoms with Crippen molar-refractivity contribution >= 4 is 40.9 Å². The molecule has 5 rings (SSSR count). The number of aromatic nitrogens is 2. The van der Waals surface area contributed by atoms with E-state index in [1.807, 2.05) is 27.7 Å². The van der Waals surface area contributed by atoms with E-state index in [0.29, 0.717) is 44.4 Å². The Morgan fingerprint density at radius 3 is 2.31 bits per heavy atom. The van der Waals surface area contributed by atoms with Crippen molar-refractivity contribution in [2.24, 2.45) is 28.2 Å². The molecule has 0 spiro atoms. The van der Waals surface area contributed by atoms with Crippen LogP contribution < -0.4 is 16.0 Å². The van der Waals surface area contributed by atoms with Crippen molar-refractivity contribution in [3.63, 3.8) is 0 Å². The highest BCUT2D eigenvalue weighted by atomic mass is 16.2. The molecule has 0 unspecified atom stereocenters. The number of fused-ring (bicyclic) bond motifs is 1. The summed E-state index contributed by atoms with van der Waals surface area (Å²) in [5.74, 6) is -2.87. The molecule has 3 aliphatic carbocycles. The van der Waals surface area contributed by atoms with Crippen molar-refractivity contribution in [1.29, 1.82) is 0 Å². The Balaban J connectivity index is 1.36. The van der Waals surface area contributed by atoms with Crippen LogP contribution in [0.4, 0.5) is 0 Å². The molecule has 278 valence electrons. The summed E-state index contributed by atoms with van der Waals surface area (Å²) in [5.41, 5.74) is 0.0666. The van der Waals surface area contributed by atoms with Gasteiger partial charge in [0.2, 0.25) is 17.6 Å². The third-order valence-corrected chi connectivity index (χ3v) is 10.9. The number of nitrogens with one attached hydrogen (secondary N) is 3. The first kappa shape index (κ1) is 38.2. The van der Waals surface area contributed by atoms with E-state index in [9.17, 15) is 28.8 Å². The molecular weight excluding hydrogens is 650 g/mol. The predicted octanol–water partition coefficient (Wildman–Crippen LogP) is 3.36. The second kappa shape index (κ2) is 16.5. The van der Waals surface area contributed by atoms with E-state index in [2.05, 4.69) is 25.9 Å². The SMILES string of the molecule is CCC[C@H](N=C1CC[C@H]2CN(C(=O)[C@@H](NC(=O)[C@H](CC3CCCCC3)NC(=O)c3cnccn3)C(C)(C)C)[C@H](C(C)=O)[C@@H]12)C(=O)C(=O)NC1CC1. The van der Waals surface area contributed by atoms with Crippen LogP contribution in [-0.4, -0.2) is 92.5 Å². The minimum Gasteiger partial charge on any atom is -0.347 e. The highest BCUT2D eigenvalue weighted by molar-refractivity contribution is 6.38. The lowest BCUT2D eigenvalue weighted by Crippen LogP contribution is -2.60. The van der Waals surface area contributed by atoms with Gasteiger partial charge in [0.05, 0.1) is 12.2 Å². The highest BCUT2D eigenvalue weighted by Gasteiger charge is 2.53. The van der Waals surface area contributed by atoms with Crippen LogP contribution in [0, 0.1) is 23.2 Å². The molecule has 4 amide bonds. The molecule has 1 aromatic rings. The molecule has 0 bridgehead atoms. The summed E-state index contributed by atoms with van der Waals surface area (Å²) in [4.78, 5) is 95.6. The van der Waals surface area contributed by atoms with Gasteiger partial charge in [0.1, 0.15) is 23.8 Å². The quantitative estimate of drug-likeness (QED) is 0.247. The first-order valence-corrected chi connectivity index (χ1v) is 18.9. The molecule has 6 atom stereocenters. The van der Waals surface area contributed by atoms with E-state index in [1.165, 1.54) is 25.5 Å². The molecule has 2 heterocycles. The number of Topliss-reactive ketones (excluding diaryl/α,β-unsaturated/α-hetero) is 2. The van der Waals surface area contributed by atoms with Crippen LogP contribution in [0.5, 0.6) is 0 Å². The minimum atomic E-state index is -0.992. The zero-order valence-electron chi connectivity index (χ0n) is 30.8. The van der Waals surface area contributed by atoms with Crippen LogP contribution in [0.3, 0.4) is 0 Å². The van der Waals surface area contributed by atoms with Gasteiger partial charge in [0.15, 0.2) is 5.78 Å². The second-order valence-corrected chi connectivity index (χ2v) is 16.1. The van der Waals surface area contributed by atoms with E-state index in [4.69, 9.17) is 4.99 Å². The summed E-state index contributed by atoms with van der Waals surface area (Å²) in [6.07, 6.45) is 14.0. The summed E-state index contributed by atoms with van der Waals surface area (Å²) in [6.45, 7) is 9.32. The van der Waals surface area contributed by atoms with Crippen molar-refractivity contribution < 1.29 is 28.8 Å². The van der Waals surface area contributed by atoms with Crippen molar-refractivity contribution in [3.8, 4) is 0 Å². The average Bonchev–Trinajstić information content (AvgIpc) is 3.71. The highest BCUT2D eigenvalue weighted by Crippen LogP contribution is 2.42. The molecule has 1 aliphatic heterocycles. The number of hydrogen-bond donors (Lipinski definition) is 3. The van der Waals surface area contributed by atoms with Crippen LogP contribution in [0.1, 0.15) is 122 Å². The fourth-order valence-corrected chi connectivity index (χ4v) is 8.06. The number of carbonyl (C=O) groups is 6. The smallest absolute Gasteiger partial charge is 0.289 e. The van der Waals surface area contributed by atoms with Crippen molar-refractivity contribution in [2.45, 2.75) is 142 Å². The van der Waals surface area contributed by atoms with Crippen molar-refractivity contribution in [2.75, 3.05) is 6.54 Å². The monoisotopic (exact) mass is 705 g/mol. The molecule has 3 N–H and O–H groups in total. The van der Waals surface area contributed by atoms with Crippen LogP contribution >= 0.6 is 0 Å². The van der Waals surface area contributed by atoms with E-state index < -0.39 is 53.1 Å². The van der Waals surface area contributed by atoms with E-state index in [-0.39, 0.29) is 41.2 Å². The molecule has 4 aliphatic rings. The predicted molar refractivity (Wildman–Crippen MR) is 191 cm³/mol. The lowest BCUT2D eigenvalue weighted by molar-refractivity contribution is -0.143. The minimum absolute atomic E-state index is 0.0408. The zero-order valence-corrected chi connectivity index (χ0v) is 30.8. The van der Waals surface area contributed by atoms with Crippen LogP contribution in [0.25, 0.3) is 0 Å². The average molecular weight is 706 g/mol. The number of carbonyl (C=O) groups excluding carboxylic acids is 6. The number of nitrogens with zero attached hydrogens (tertiary/aromatic N) is 4. The third kappa shape index (κ3) is 9.45. The third-order valence-electron chi connectivity index (χ3n) is 10.9. The Bertz CT molecular complexity index is 1500. The maximum atomic E-state index is 14.6. The Morgan fingerprint density at radius 2 is 1.71 bits per heavy atom. The molecule has 13 nitrogen and oxygen atoms in total. The number of hydrogen-bond acceptors (Lipinski definition) is 9. The molecule has 0 aromatic carbocycles. The number of amides is 4. The summed E-state index contributed by atoms with van der Waals surface area (Å²) in [7, 11) is 0. The number of likely N-dealkylation sites (tertiary alicyclic amines) is 1. The molecule has 1 saturated heterocycles. The molecule has 0 radical (unpaired) electrons. The summed E-state index contributed by atoms with van der Waals surface area (Å²) in [6, 6.07) is -3.48.